The third-order valence-electron chi connectivity index (χ3n) is 8.74. The summed E-state index contributed by atoms with van der Waals surface area (Å²) in [6.07, 6.45) is 19.7. The maximum atomic E-state index is 11.4. The van der Waals surface area contributed by atoms with E-state index in [1.54, 1.807) is 0 Å². The normalized spacial score (nSPS) is 40.9. The molecule has 0 spiro atoms. The van der Waals surface area contributed by atoms with Gasteiger partial charge >= 0.3 is 0 Å². The fourth-order valence-electron chi connectivity index (χ4n) is 7.96. The molecule has 0 aromatic heterocycles. The monoisotopic (exact) mass is 454 g/mol. The van der Waals surface area contributed by atoms with Crippen molar-refractivity contribution in [1.82, 2.24) is 5.32 Å². The van der Waals surface area contributed by atoms with Crippen LogP contribution in [0.25, 0.3) is 0 Å². The van der Waals surface area contributed by atoms with Gasteiger partial charge in [0.1, 0.15) is 0 Å². The Bertz CT molecular complexity index is 845. The molecule has 2 N–H and O–H groups in total. The molecule has 0 aromatic carbocycles. The van der Waals surface area contributed by atoms with Crippen molar-refractivity contribution >= 4 is 17.8 Å². The first kappa shape index (κ1) is 22.6. The van der Waals surface area contributed by atoms with Crippen LogP contribution in [0.3, 0.4) is 0 Å². The maximum Gasteiger partial charge on any atom is 0.0872 e. The van der Waals surface area contributed by atoms with Crippen LogP contribution in [-0.4, -0.2) is 37.1 Å². The summed E-state index contributed by atoms with van der Waals surface area (Å²) in [6, 6.07) is 0. The third-order valence-corrected chi connectivity index (χ3v) is 8.97. The first-order valence-electron chi connectivity index (χ1n) is 12.7. The maximum absolute atomic E-state index is 11.4. The molecular weight excluding hydrogens is 416 g/mol. The van der Waals surface area contributed by atoms with Crippen molar-refractivity contribution in [2.24, 2.45) is 40.0 Å². The molecule has 3 nitrogen and oxygen atoms in total. The number of rotatable bonds is 7. The largest absolute Gasteiger partial charge is 0.388 e. The number of nitrogens with zero attached hydrogens (tertiary/aromatic N) is 1. The van der Waals surface area contributed by atoms with E-state index in [4.69, 9.17) is 11.6 Å². The summed E-state index contributed by atoms with van der Waals surface area (Å²) in [4.78, 5) is 4.68. The predicted octanol–water partition coefficient (Wildman–Crippen LogP) is 5.82. The Kier molecular flexibility index (Phi) is 6.53. The molecule has 0 radical (unpaired) electrons. The van der Waals surface area contributed by atoms with Crippen LogP contribution in [0.1, 0.15) is 58.8 Å². The van der Waals surface area contributed by atoms with Gasteiger partial charge in [-0.1, -0.05) is 41.0 Å². The van der Waals surface area contributed by atoms with E-state index >= 15 is 0 Å². The van der Waals surface area contributed by atoms with Crippen molar-refractivity contribution in [2.75, 3.05) is 19.6 Å². The molecule has 0 aliphatic heterocycles. The van der Waals surface area contributed by atoms with Gasteiger partial charge in [-0.15, -0.1) is 0 Å². The predicted molar refractivity (Wildman–Crippen MR) is 134 cm³/mol. The van der Waals surface area contributed by atoms with Crippen molar-refractivity contribution in [3.8, 4) is 0 Å². The van der Waals surface area contributed by atoms with Crippen molar-refractivity contribution in [1.29, 1.82) is 0 Å². The molecule has 0 heterocycles. The quantitative estimate of drug-likeness (QED) is 0.376. The zero-order valence-electron chi connectivity index (χ0n) is 19.7. The second kappa shape index (κ2) is 9.24. The first-order chi connectivity index (χ1) is 15.4. The molecule has 0 saturated heterocycles. The molecule has 174 valence electrons. The molecule has 0 aromatic rings. The summed E-state index contributed by atoms with van der Waals surface area (Å²) < 4.78 is 0. The lowest BCUT2D eigenvalue weighted by atomic mass is 9.45. The van der Waals surface area contributed by atoms with Crippen molar-refractivity contribution in [3.05, 3.63) is 46.1 Å². The summed E-state index contributed by atoms with van der Waals surface area (Å²) in [6.45, 7) is 6.83. The number of aliphatic hydroxyl groups is 1. The topological polar surface area (TPSA) is 44.6 Å². The van der Waals surface area contributed by atoms with Gasteiger partial charge in [-0.3, -0.25) is 4.99 Å². The molecule has 3 atom stereocenters. The number of halogens is 1. The van der Waals surface area contributed by atoms with E-state index in [1.165, 1.54) is 49.7 Å². The van der Waals surface area contributed by atoms with Gasteiger partial charge in [0.25, 0.3) is 0 Å². The number of aliphatic imine (C=N–C) groups is 1. The molecule has 4 saturated carbocycles. The highest BCUT2D eigenvalue weighted by Crippen LogP contribution is 2.64. The number of hydrogen-bond donors (Lipinski definition) is 2. The number of nitrogens with one attached hydrogen (secondary N) is 1. The minimum atomic E-state index is -0.407. The molecule has 6 aliphatic carbocycles. The minimum absolute atomic E-state index is 0.264. The second-order valence-electron chi connectivity index (χ2n) is 11.6. The zero-order chi connectivity index (χ0) is 22.3. The standard InChI is InChI=1S/C28H39ClN2O/c1-18-5-23(12-25(29)7-18)16-30-3-4-31-17-24-6-19(2)8-26(27(24)32)28-13-20-9-21(14-28)11-22(10-20)15-28/h6-8,12,17,20-23,26-27,30,32H,3-5,9-11,13-16H2,1-2H3/b31-17+. The zero-order valence-corrected chi connectivity index (χ0v) is 20.5. The summed E-state index contributed by atoms with van der Waals surface area (Å²) in [7, 11) is 0. The highest BCUT2D eigenvalue weighted by atomic mass is 35.5. The first-order valence-corrected chi connectivity index (χ1v) is 13.1. The fraction of sp³-hybridized carbons (Fsp3) is 0.679. The summed E-state index contributed by atoms with van der Waals surface area (Å²) in [5, 5.41) is 15.8. The van der Waals surface area contributed by atoms with Gasteiger partial charge in [-0.05, 0) is 99.5 Å². The lowest BCUT2D eigenvalue weighted by Gasteiger charge is -2.60. The molecule has 4 fully saturated rings. The third kappa shape index (κ3) is 4.72. The van der Waals surface area contributed by atoms with Crippen LogP contribution in [0.15, 0.2) is 51.0 Å². The van der Waals surface area contributed by atoms with Crippen molar-refractivity contribution in [3.63, 3.8) is 0 Å². The molecule has 6 aliphatic rings. The Morgan fingerprint density at radius 3 is 2.44 bits per heavy atom. The average molecular weight is 455 g/mol. The smallest absolute Gasteiger partial charge is 0.0872 e. The lowest BCUT2D eigenvalue weighted by Crippen LogP contribution is -2.52. The SMILES string of the molecule is CC1=CC(C23CC4CC(CC(C4)C2)C3)C(O)C(/C=N/CCNCC2C=C(Cl)C=C(C)C2)=C1. The molecule has 4 heteroatoms. The van der Waals surface area contributed by atoms with Crippen LogP contribution < -0.4 is 5.32 Å². The Labute approximate surface area is 198 Å². The number of aliphatic hydroxyl groups excluding tert-OH is 1. The van der Waals surface area contributed by atoms with Gasteiger partial charge in [0, 0.05) is 30.3 Å². The average Bonchev–Trinajstić information content (AvgIpc) is 2.71. The van der Waals surface area contributed by atoms with E-state index in [0.717, 1.165) is 54.4 Å². The highest BCUT2D eigenvalue weighted by molar-refractivity contribution is 6.31. The van der Waals surface area contributed by atoms with Crippen molar-refractivity contribution in [2.45, 2.75) is 64.9 Å². The van der Waals surface area contributed by atoms with E-state index < -0.39 is 6.10 Å². The van der Waals surface area contributed by atoms with E-state index in [-0.39, 0.29) is 5.92 Å². The minimum Gasteiger partial charge on any atom is -0.388 e. The molecular formula is C28H39ClN2O. The van der Waals surface area contributed by atoms with Gasteiger partial charge in [-0.2, -0.15) is 0 Å². The van der Waals surface area contributed by atoms with Crippen LogP contribution in [0.2, 0.25) is 0 Å². The van der Waals surface area contributed by atoms with E-state index in [1.807, 2.05) is 6.21 Å². The van der Waals surface area contributed by atoms with Gasteiger partial charge in [0.15, 0.2) is 0 Å². The van der Waals surface area contributed by atoms with Crippen LogP contribution in [-0.2, 0) is 0 Å². The number of allylic oxidation sites excluding steroid dienone is 5. The molecule has 0 amide bonds. The van der Waals surface area contributed by atoms with E-state index in [0.29, 0.717) is 11.3 Å². The van der Waals surface area contributed by atoms with Crippen LogP contribution in [0.4, 0.5) is 0 Å². The fourth-order valence-corrected chi connectivity index (χ4v) is 8.33. The lowest BCUT2D eigenvalue weighted by molar-refractivity contribution is -0.0965. The molecule has 6 rings (SSSR count). The summed E-state index contributed by atoms with van der Waals surface area (Å²) in [5.41, 5.74) is 3.97. The van der Waals surface area contributed by atoms with Gasteiger partial charge in [0.2, 0.25) is 0 Å². The Morgan fingerprint density at radius 1 is 1.09 bits per heavy atom. The van der Waals surface area contributed by atoms with E-state index in [2.05, 4.69) is 48.5 Å². The highest BCUT2D eigenvalue weighted by Gasteiger charge is 2.55. The summed E-state index contributed by atoms with van der Waals surface area (Å²) >= 11 is 6.19. The van der Waals surface area contributed by atoms with Crippen LogP contribution in [0, 0.1) is 35.0 Å². The van der Waals surface area contributed by atoms with Crippen LogP contribution in [0.5, 0.6) is 0 Å². The number of hydrogen-bond acceptors (Lipinski definition) is 3. The van der Waals surface area contributed by atoms with E-state index in [9.17, 15) is 5.11 Å². The Hall–Kier alpha value is -1.16. The second-order valence-corrected chi connectivity index (χ2v) is 12.0. The molecule has 32 heavy (non-hydrogen) atoms. The van der Waals surface area contributed by atoms with Crippen molar-refractivity contribution < 1.29 is 5.11 Å². The van der Waals surface area contributed by atoms with Gasteiger partial charge < -0.3 is 10.4 Å². The van der Waals surface area contributed by atoms with Crippen LogP contribution >= 0.6 is 11.6 Å². The Balaban J connectivity index is 1.15. The molecule has 3 unspecified atom stereocenters. The van der Waals surface area contributed by atoms with Gasteiger partial charge in [0.05, 0.1) is 12.6 Å². The molecule has 4 bridgehead atoms. The van der Waals surface area contributed by atoms with Gasteiger partial charge in [-0.25, -0.2) is 0 Å². The summed E-state index contributed by atoms with van der Waals surface area (Å²) in [5.74, 6) is 3.45. The Morgan fingerprint density at radius 2 is 1.78 bits per heavy atom.